The van der Waals surface area contributed by atoms with Crippen LogP contribution in [0.4, 0.5) is 0 Å². The lowest BCUT2D eigenvalue weighted by molar-refractivity contribution is 0.232. The molecule has 0 radical (unpaired) electrons. The van der Waals surface area contributed by atoms with Gasteiger partial charge in [-0.1, -0.05) is 12.8 Å². The number of hydrogen-bond donors (Lipinski definition) is 1. The third-order valence-electron chi connectivity index (χ3n) is 3.42. The fraction of sp³-hybridized carbons (Fsp3) is 1.00. The summed E-state index contributed by atoms with van der Waals surface area (Å²) in [5.74, 6) is 0.989. The maximum Gasteiger partial charge on any atom is -0.000778 e. The Morgan fingerprint density at radius 1 is 1.00 bits per heavy atom. The highest BCUT2D eigenvalue weighted by atomic mass is 15.1. The molecular formula is C11H22N2. The van der Waals surface area contributed by atoms with Gasteiger partial charge in [0.2, 0.25) is 0 Å². The van der Waals surface area contributed by atoms with Crippen LogP contribution in [0.15, 0.2) is 0 Å². The topological polar surface area (TPSA) is 15.3 Å². The average Bonchev–Trinajstić information content (AvgIpc) is 2.30. The van der Waals surface area contributed by atoms with E-state index in [2.05, 4.69) is 10.2 Å². The molecule has 0 unspecified atom stereocenters. The normalized spacial score (nSPS) is 26.8. The van der Waals surface area contributed by atoms with Crippen molar-refractivity contribution in [1.82, 2.24) is 10.2 Å². The summed E-state index contributed by atoms with van der Waals surface area (Å²) < 4.78 is 0. The van der Waals surface area contributed by atoms with Crippen LogP contribution in [0.3, 0.4) is 0 Å². The van der Waals surface area contributed by atoms with Gasteiger partial charge in [-0.2, -0.15) is 0 Å². The van der Waals surface area contributed by atoms with E-state index in [1.54, 1.807) is 0 Å². The monoisotopic (exact) mass is 182 g/mol. The van der Waals surface area contributed by atoms with E-state index in [9.17, 15) is 0 Å². The van der Waals surface area contributed by atoms with E-state index >= 15 is 0 Å². The standard InChI is InChI=1S/C11H22N2/c1-2-4-7-13(6-3-1)8-5-11-9-12-10-11/h11-12H,1-10H2. The van der Waals surface area contributed by atoms with Crippen LogP contribution in [-0.4, -0.2) is 37.6 Å². The molecule has 0 aromatic rings. The summed E-state index contributed by atoms with van der Waals surface area (Å²) in [5.41, 5.74) is 0. The van der Waals surface area contributed by atoms with Crippen LogP contribution in [0.25, 0.3) is 0 Å². The van der Waals surface area contributed by atoms with Crippen LogP contribution in [0.1, 0.15) is 32.1 Å². The molecule has 2 aliphatic rings. The molecule has 76 valence electrons. The zero-order valence-electron chi connectivity index (χ0n) is 8.60. The average molecular weight is 182 g/mol. The van der Waals surface area contributed by atoms with Crippen molar-refractivity contribution in [2.75, 3.05) is 32.7 Å². The smallest absolute Gasteiger partial charge is 0.000778 e. The first-order valence-corrected chi connectivity index (χ1v) is 5.88. The van der Waals surface area contributed by atoms with Gasteiger partial charge in [0.05, 0.1) is 0 Å². The van der Waals surface area contributed by atoms with Crippen LogP contribution >= 0.6 is 0 Å². The Bertz CT molecular complexity index is 135. The van der Waals surface area contributed by atoms with Gasteiger partial charge < -0.3 is 10.2 Å². The zero-order chi connectivity index (χ0) is 8.93. The molecule has 0 amide bonds. The molecular weight excluding hydrogens is 160 g/mol. The first-order valence-electron chi connectivity index (χ1n) is 5.88. The first-order chi connectivity index (χ1) is 6.45. The Balaban J connectivity index is 1.61. The SMILES string of the molecule is C1CCCN(CCC2CNC2)CC1. The molecule has 0 aromatic heterocycles. The van der Waals surface area contributed by atoms with Crippen molar-refractivity contribution < 1.29 is 0 Å². The van der Waals surface area contributed by atoms with E-state index in [1.807, 2.05) is 0 Å². The second kappa shape index (κ2) is 4.97. The molecule has 0 spiro atoms. The highest BCUT2D eigenvalue weighted by Gasteiger charge is 2.17. The van der Waals surface area contributed by atoms with Crippen LogP contribution in [-0.2, 0) is 0 Å². The van der Waals surface area contributed by atoms with E-state index in [1.165, 1.54) is 64.8 Å². The largest absolute Gasteiger partial charge is 0.316 e. The van der Waals surface area contributed by atoms with Gasteiger partial charge in [0, 0.05) is 0 Å². The number of nitrogens with one attached hydrogen (secondary N) is 1. The predicted molar refractivity (Wildman–Crippen MR) is 55.9 cm³/mol. The Morgan fingerprint density at radius 2 is 1.69 bits per heavy atom. The second-order valence-electron chi connectivity index (χ2n) is 4.57. The van der Waals surface area contributed by atoms with E-state index in [4.69, 9.17) is 0 Å². The fourth-order valence-corrected chi connectivity index (χ4v) is 2.28. The summed E-state index contributed by atoms with van der Waals surface area (Å²) >= 11 is 0. The maximum atomic E-state index is 3.34. The molecule has 2 rings (SSSR count). The summed E-state index contributed by atoms with van der Waals surface area (Å²) in [5, 5.41) is 3.34. The lowest BCUT2D eigenvalue weighted by Gasteiger charge is -2.29. The molecule has 0 aliphatic carbocycles. The Kier molecular flexibility index (Phi) is 3.62. The summed E-state index contributed by atoms with van der Waals surface area (Å²) in [6.45, 7) is 6.62. The van der Waals surface area contributed by atoms with Crippen molar-refractivity contribution in [3.05, 3.63) is 0 Å². The minimum Gasteiger partial charge on any atom is -0.316 e. The quantitative estimate of drug-likeness (QED) is 0.711. The van der Waals surface area contributed by atoms with Crippen LogP contribution in [0.2, 0.25) is 0 Å². The molecule has 0 atom stereocenters. The predicted octanol–water partition coefficient (Wildman–Crippen LogP) is 1.47. The Labute approximate surface area is 81.7 Å². The third-order valence-corrected chi connectivity index (χ3v) is 3.42. The van der Waals surface area contributed by atoms with Gasteiger partial charge in [-0.05, 0) is 57.9 Å². The lowest BCUT2D eigenvalue weighted by Crippen LogP contribution is -2.43. The lowest BCUT2D eigenvalue weighted by atomic mass is 9.99. The van der Waals surface area contributed by atoms with Gasteiger partial charge in [-0.15, -0.1) is 0 Å². The molecule has 0 aromatic carbocycles. The molecule has 0 bridgehead atoms. The van der Waals surface area contributed by atoms with Crippen molar-refractivity contribution in [1.29, 1.82) is 0 Å². The Hall–Kier alpha value is -0.0800. The van der Waals surface area contributed by atoms with E-state index in [0.717, 1.165) is 5.92 Å². The van der Waals surface area contributed by atoms with Crippen LogP contribution < -0.4 is 5.32 Å². The van der Waals surface area contributed by atoms with Gasteiger partial charge in [0.25, 0.3) is 0 Å². The molecule has 2 saturated heterocycles. The maximum absolute atomic E-state index is 3.34. The number of hydrogen-bond acceptors (Lipinski definition) is 2. The van der Waals surface area contributed by atoms with Crippen molar-refractivity contribution in [2.24, 2.45) is 5.92 Å². The minimum absolute atomic E-state index is 0.989. The number of likely N-dealkylation sites (tertiary alicyclic amines) is 1. The van der Waals surface area contributed by atoms with Gasteiger partial charge in [0.15, 0.2) is 0 Å². The molecule has 2 fully saturated rings. The van der Waals surface area contributed by atoms with E-state index < -0.39 is 0 Å². The van der Waals surface area contributed by atoms with E-state index in [-0.39, 0.29) is 0 Å². The van der Waals surface area contributed by atoms with Crippen molar-refractivity contribution in [2.45, 2.75) is 32.1 Å². The zero-order valence-corrected chi connectivity index (χ0v) is 8.60. The number of nitrogens with zero attached hydrogens (tertiary/aromatic N) is 1. The highest BCUT2D eigenvalue weighted by molar-refractivity contribution is 4.76. The van der Waals surface area contributed by atoms with Crippen molar-refractivity contribution >= 4 is 0 Å². The summed E-state index contributed by atoms with van der Waals surface area (Å²) in [6, 6.07) is 0. The van der Waals surface area contributed by atoms with Crippen LogP contribution in [0.5, 0.6) is 0 Å². The second-order valence-corrected chi connectivity index (χ2v) is 4.57. The summed E-state index contributed by atoms with van der Waals surface area (Å²) in [4.78, 5) is 2.67. The van der Waals surface area contributed by atoms with Crippen molar-refractivity contribution in [3.63, 3.8) is 0 Å². The molecule has 13 heavy (non-hydrogen) atoms. The molecule has 2 heterocycles. The third kappa shape index (κ3) is 2.96. The molecule has 2 heteroatoms. The minimum atomic E-state index is 0.989. The molecule has 0 saturated carbocycles. The van der Waals surface area contributed by atoms with Crippen molar-refractivity contribution in [3.8, 4) is 0 Å². The van der Waals surface area contributed by atoms with Gasteiger partial charge in [0.1, 0.15) is 0 Å². The fourth-order valence-electron chi connectivity index (χ4n) is 2.28. The van der Waals surface area contributed by atoms with Gasteiger partial charge in [-0.25, -0.2) is 0 Å². The van der Waals surface area contributed by atoms with E-state index in [0.29, 0.717) is 0 Å². The summed E-state index contributed by atoms with van der Waals surface area (Å²) in [7, 11) is 0. The Morgan fingerprint density at radius 3 is 2.23 bits per heavy atom. The van der Waals surface area contributed by atoms with Gasteiger partial charge >= 0.3 is 0 Å². The number of rotatable bonds is 3. The molecule has 1 N–H and O–H groups in total. The molecule has 2 aliphatic heterocycles. The molecule has 2 nitrogen and oxygen atoms in total. The highest BCUT2D eigenvalue weighted by Crippen LogP contribution is 2.13. The van der Waals surface area contributed by atoms with Gasteiger partial charge in [-0.3, -0.25) is 0 Å². The summed E-state index contributed by atoms with van der Waals surface area (Å²) in [6.07, 6.45) is 7.21. The van der Waals surface area contributed by atoms with Crippen LogP contribution in [0, 0.1) is 5.92 Å². The first kappa shape index (κ1) is 9.47.